The number of hydrogen-bond acceptors (Lipinski definition) is 3. The highest BCUT2D eigenvalue weighted by atomic mass is 19.1. The average Bonchev–Trinajstić information content (AvgIpc) is 3.08. The Bertz CT molecular complexity index is 700. The topological polar surface area (TPSA) is 48.0 Å². The average molecular weight is 256 g/mol. The van der Waals surface area contributed by atoms with E-state index in [-0.39, 0.29) is 5.82 Å². The fraction of sp³-hybridized carbons (Fsp3) is 0. The van der Waals surface area contributed by atoms with Crippen LogP contribution in [0.25, 0.3) is 16.9 Å². The lowest BCUT2D eigenvalue weighted by molar-refractivity contribution is 0.112. The van der Waals surface area contributed by atoms with Crippen molar-refractivity contribution in [2.75, 3.05) is 0 Å². The van der Waals surface area contributed by atoms with Gasteiger partial charge in [0.1, 0.15) is 11.5 Å². The Morgan fingerprint density at radius 3 is 2.63 bits per heavy atom. The third-order valence-electron chi connectivity index (χ3n) is 2.76. The van der Waals surface area contributed by atoms with Crippen LogP contribution in [0.5, 0.6) is 0 Å². The van der Waals surface area contributed by atoms with Crippen LogP contribution >= 0.6 is 0 Å². The van der Waals surface area contributed by atoms with Gasteiger partial charge in [-0.25, -0.2) is 9.07 Å². The maximum absolute atomic E-state index is 12.9. The van der Waals surface area contributed by atoms with Gasteiger partial charge in [-0.15, -0.1) is 0 Å². The number of benzene rings is 1. The Morgan fingerprint density at radius 1 is 1.21 bits per heavy atom. The molecule has 0 bridgehead atoms. The van der Waals surface area contributed by atoms with Gasteiger partial charge in [0.05, 0.1) is 23.8 Å². The molecule has 0 fully saturated rings. The normalized spacial score (nSPS) is 10.6. The summed E-state index contributed by atoms with van der Waals surface area (Å²) in [5, 5.41) is 4.33. The van der Waals surface area contributed by atoms with Gasteiger partial charge >= 0.3 is 0 Å². The standard InChI is InChI=1S/C14H9FN2O2/c15-12-1-3-13(4-2-12)17-7-11(8-18)14(16-17)10-5-6-19-9-10/h1-9H. The van der Waals surface area contributed by atoms with Crippen LogP contribution < -0.4 is 0 Å². The monoisotopic (exact) mass is 256 g/mol. The summed E-state index contributed by atoms with van der Waals surface area (Å²) in [5.74, 6) is -0.318. The molecule has 1 aromatic carbocycles. The highest BCUT2D eigenvalue weighted by Gasteiger charge is 2.12. The first-order valence-electron chi connectivity index (χ1n) is 5.61. The number of aldehydes is 1. The van der Waals surface area contributed by atoms with Crippen molar-refractivity contribution in [2.45, 2.75) is 0 Å². The number of rotatable bonds is 3. The van der Waals surface area contributed by atoms with Crippen LogP contribution in [0.1, 0.15) is 10.4 Å². The Labute approximate surface area is 108 Å². The van der Waals surface area contributed by atoms with Crippen LogP contribution in [0, 0.1) is 5.82 Å². The van der Waals surface area contributed by atoms with Gasteiger partial charge in [-0.3, -0.25) is 4.79 Å². The van der Waals surface area contributed by atoms with Gasteiger partial charge in [-0.1, -0.05) is 0 Å². The molecule has 3 rings (SSSR count). The van der Waals surface area contributed by atoms with E-state index in [9.17, 15) is 9.18 Å². The molecule has 0 spiro atoms. The second-order valence-corrected chi connectivity index (χ2v) is 3.98. The van der Waals surface area contributed by atoms with Crippen molar-refractivity contribution in [3.63, 3.8) is 0 Å². The minimum absolute atomic E-state index is 0.318. The SMILES string of the molecule is O=Cc1cn(-c2ccc(F)cc2)nc1-c1ccoc1. The maximum Gasteiger partial charge on any atom is 0.153 e. The molecule has 2 aromatic heterocycles. The van der Waals surface area contributed by atoms with Crippen molar-refractivity contribution in [3.05, 3.63) is 60.4 Å². The summed E-state index contributed by atoms with van der Waals surface area (Å²) in [6, 6.07) is 7.60. The molecule has 0 amide bonds. The van der Waals surface area contributed by atoms with E-state index < -0.39 is 0 Å². The van der Waals surface area contributed by atoms with Crippen LogP contribution in [0.2, 0.25) is 0 Å². The molecular formula is C14H9FN2O2. The van der Waals surface area contributed by atoms with Crippen molar-refractivity contribution in [1.82, 2.24) is 9.78 Å². The van der Waals surface area contributed by atoms with Gasteiger partial charge in [-0.05, 0) is 30.3 Å². The number of halogens is 1. The van der Waals surface area contributed by atoms with Crippen molar-refractivity contribution in [2.24, 2.45) is 0 Å². The second-order valence-electron chi connectivity index (χ2n) is 3.98. The van der Waals surface area contributed by atoms with E-state index in [1.165, 1.54) is 29.3 Å². The Morgan fingerprint density at radius 2 is 2.00 bits per heavy atom. The Balaban J connectivity index is 2.09. The number of carbonyl (C=O) groups is 1. The molecule has 94 valence electrons. The van der Waals surface area contributed by atoms with E-state index in [4.69, 9.17) is 4.42 Å². The number of aromatic nitrogens is 2. The third kappa shape index (κ3) is 2.06. The molecule has 0 saturated carbocycles. The lowest BCUT2D eigenvalue weighted by Gasteiger charge is -1.99. The molecule has 0 aliphatic rings. The van der Waals surface area contributed by atoms with Crippen LogP contribution in [0.3, 0.4) is 0 Å². The largest absolute Gasteiger partial charge is 0.472 e. The molecule has 0 atom stereocenters. The molecule has 0 aliphatic carbocycles. The Hall–Kier alpha value is -2.69. The number of furan rings is 1. The quantitative estimate of drug-likeness (QED) is 0.676. The molecule has 0 saturated heterocycles. The van der Waals surface area contributed by atoms with Gasteiger partial charge in [0.15, 0.2) is 6.29 Å². The van der Waals surface area contributed by atoms with Crippen LogP contribution in [-0.2, 0) is 0 Å². The van der Waals surface area contributed by atoms with Gasteiger partial charge in [0, 0.05) is 11.8 Å². The third-order valence-corrected chi connectivity index (χ3v) is 2.76. The van der Waals surface area contributed by atoms with E-state index in [2.05, 4.69) is 5.10 Å². The van der Waals surface area contributed by atoms with E-state index in [0.717, 1.165) is 11.8 Å². The predicted molar refractivity (Wildman–Crippen MR) is 66.6 cm³/mol. The van der Waals surface area contributed by atoms with Crippen molar-refractivity contribution in [3.8, 4) is 16.9 Å². The van der Waals surface area contributed by atoms with Crippen molar-refractivity contribution < 1.29 is 13.6 Å². The molecule has 2 heterocycles. The minimum Gasteiger partial charge on any atom is -0.472 e. The Kier molecular flexibility index (Phi) is 2.72. The number of nitrogens with zero attached hydrogens (tertiary/aromatic N) is 2. The molecule has 3 aromatic rings. The summed E-state index contributed by atoms with van der Waals surface area (Å²) in [6.45, 7) is 0. The fourth-order valence-corrected chi connectivity index (χ4v) is 1.82. The minimum atomic E-state index is -0.318. The van der Waals surface area contributed by atoms with E-state index in [0.29, 0.717) is 16.9 Å². The summed E-state index contributed by atoms with van der Waals surface area (Å²) in [5.41, 5.74) is 2.39. The number of hydrogen-bond donors (Lipinski definition) is 0. The molecular weight excluding hydrogens is 247 g/mol. The molecule has 0 N–H and O–H groups in total. The lowest BCUT2D eigenvalue weighted by atomic mass is 10.2. The summed E-state index contributed by atoms with van der Waals surface area (Å²) >= 11 is 0. The highest BCUT2D eigenvalue weighted by Crippen LogP contribution is 2.22. The zero-order valence-electron chi connectivity index (χ0n) is 9.79. The molecule has 4 nitrogen and oxygen atoms in total. The first-order chi connectivity index (χ1) is 9.28. The molecule has 0 unspecified atom stereocenters. The predicted octanol–water partition coefficient (Wildman–Crippen LogP) is 3.08. The molecule has 5 heteroatoms. The molecule has 0 aliphatic heterocycles. The van der Waals surface area contributed by atoms with Gasteiger partial charge in [0.25, 0.3) is 0 Å². The van der Waals surface area contributed by atoms with E-state index in [1.54, 1.807) is 24.4 Å². The first-order valence-corrected chi connectivity index (χ1v) is 5.61. The van der Waals surface area contributed by atoms with E-state index in [1.807, 2.05) is 0 Å². The lowest BCUT2D eigenvalue weighted by Crippen LogP contribution is -1.94. The zero-order chi connectivity index (χ0) is 13.2. The van der Waals surface area contributed by atoms with Gasteiger partial charge < -0.3 is 4.42 Å². The highest BCUT2D eigenvalue weighted by molar-refractivity contribution is 5.85. The first kappa shape index (κ1) is 11.4. The van der Waals surface area contributed by atoms with Crippen LogP contribution in [-0.4, -0.2) is 16.1 Å². The maximum atomic E-state index is 12.9. The number of carbonyl (C=O) groups excluding carboxylic acids is 1. The van der Waals surface area contributed by atoms with Crippen LogP contribution in [0.4, 0.5) is 4.39 Å². The fourth-order valence-electron chi connectivity index (χ4n) is 1.82. The van der Waals surface area contributed by atoms with Gasteiger partial charge in [0.2, 0.25) is 0 Å². The second kappa shape index (κ2) is 4.53. The van der Waals surface area contributed by atoms with E-state index >= 15 is 0 Å². The molecule has 19 heavy (non-hydrogen) atoms. The zero-order valence-corrected chi connectivity index (χ0v) is 9.79. The summed E-state index contributed by atoms with van der Waals surface area (Å²) in [4.78, 5) is 11.1. The van der Waals surface area contributed by atoms with Crippen molar-refractivity contribution >= 4 is 6.29 Å². The summed E-state index contributed by atoms with van der Waals surface area (Å²) in [7, 11) is 0. The van der Waals surface area contributed by atoms with Crippen LogP contribution in [0.15, 0.2) is 53.5 Å². The molecule has 0 radical (unpaired) electrons. The van der Waals surface area contributed by atoms with Gasteiger partial charge in [-0.2, -0.15) is 5.10 Å². The summed E-state index contributed by atoms with van der Waals surface area (Å²) in [6.07, 6.45) is 5.36. The smallest absolute Gasteiger partial charge is 0.153 e. The van der Waals surface area contributed by atoms with Crippen molar-refractivity contribution in [1.29, 1.82) is 0 Å². The summed E-state index contributed by atoms with van der Waals surface area (Å²) < 4.78 is 19.4.